The Morgan fingerprint density at radius 2 is 1.54 bits per heavy atom. The summed E-state index contributed by atoms with van der Waals surface area (Å²) in [5.41, 5.74) is 8.91. The molecule has 0 fully saturated rings. The molecule has 0 atom stereocenters. The number of rotatable bonds is 4. The van der Waals surface area contributed by atoms with E-state index in [0.29, 0.717) is 23.1 Å². The largest absolute Gasteiger partial charge is 0.493 e. The van der Waals surface area contributed by atoms with Crippen molar-refractivity contribution in [1.29, 1.82) is 0 Å². The second kappa shape index (κ2) is 6.28. The number of anilines is 1. The number of benzene rings is 2. The Balaban J connectivity index is 2.22. The van der Waals surface area contributed by atoms with Gasteiger partial charge in [0.15, 0.2) is 11.5 Å². The number of ether oxygens (including phenoxy) is 3. The van der Waals surface area contributed by atoms with Gasteiger partial charge in [-0.25, -0.2) is 4.98 Å². The Hall–Kier alpha value is -2.95. The third-order valence-corrected chi connectivity index (χ3v) is 3.98. The summed E-state index contributed by atoms with van der Waals surface area (Å²) in [5, 5.41) is 1.99. The standard InChI is InChI=1S/C19H20N2O3/c1-11-5-6-12-8-15(21-19(20)14(12)7-11)13-9-16(22-2)18(24-4)17(10-13)23-3/h5-10H,1-4H3,(H2,20,21). The van der Waals surface area contributed by atoms with E-state index in [1.807, 2.05) is 37.3 Å². The lowest BCUT2D eigenvalue weighted by Crippen LogP contribution is -1.98. The highest BCUT2D eigenvalue weighted by Gasteiger charge is 2.15. The van der Waals surface area contributed by atoms with Gasteiger partial charge in [0.1, 0.15) is 5.82 Å². The number of nitrogens with zero attached hydrogens (tertiary/aromatic N) is 1. The van der Waals surface area contributed by atoms with Gasteiger partial charge < -0.3 is 19.9 Å². The van der Waals surface area contributed by atoms with Crippen LogP contribution >= 0.6 is 0 Å². The van der Waals surface area contributed by atoms with Crippen molar-refractivity contribution >= 4 is 16.6 Å². The van der Waals surface area contributed by atoms with E-state index in [-0.39, 0.29) is 0 Å². The molecule has 0 bridgehead atoms. The Kier molecular flexibility index (Phi) is 4.16. The second-order valence-electron chi connectivity index (χ2n) is 5.53. The van der Waals surface area contributed by atoms with Crippen molar-refractivity contribution in [1.82, 2.24) is 4.98 Å². The van der Waals surface area contributed by atoms with E-state index < -0.39 is 0 Å². The minimum absolute atomic E-state index is 0.500. The Labute approximate surface area is 141 Å². The molecule has 0 aliphatic rings. The number of pyridine rings is 1. The van der Waals surface area contributed by atoms with Crippen LogP contribution in [0, 0.1) is 6.92 Å². The van der Waals surface area contributed by atoms with E-state index >= 15 is 0 Å². The third-order valence-electron chi connectivity index (χ3n) is 3.98. The maximum atomic E-state index is 6.16. The second-order valence-corrected chi connectivity index (χ2v) is 5.53. The van der Waals surface area contributed by atoms with Crippen LogP contribution in [0.4, 0.5) is 5.82 Å². The molecule has 0 unspecified atom stereocenters. The van der Waals surface area contributed by atoms with Crippen LogP contribution in [-0.2, 0) is 0 Å². The molecule has 2 aromatic carbocycles. The summed E-state index contributed by atoms with van der Waals surface area (Å²) in [5.74, 6) is 2.21. The van der Waals surface area contributed by atoms with Crippen LogP contribution in [0.1, 0.15) is 5.56 Å². The molecule has 0 aliphatic heterocycles. The Morgan fingerprint density at radius 1 is 0.875 bits per heavy atom. The van der Waals surface area contributed by atoms with Crippen LogP contribution in [0.15, 0.2) is 36.4 Å². The molecule has 0 amide bonds. The van der Waals surface area contributed by atoms with Crippen molar-refractivity contribution in [3.05, 3.63) is 42.0 Å². The summed E-state index contributed by atoms with van der Waals surface area (Å²) in [7, 11) is 4.76. The maximum absolute atomic E-state index is 6.16. The van der Waals surface area contributed by atoms with Crippen LogP contribution in [0.25, 0.3) is 22.0 Å². The first-order valence-electron chi connectivity index (χ1n) is 7.54. The Bertz CT molecular complexity index is 881. The molecule has 5 nitrogen and oxygen atoms in total. The predicted octanol–water partition coefficient (Wildman–Crippen LogP) is 3.82. The lowest BCUT2D eigenvalue weighted by Gasteiger charge is -2.14. The van der Waals surface area contributed by atoms with Crippen LogP contribution in [-0.4, -0.2) is 26.3 Å². The molecule has 1 heterocycles. The van der Waals surface area contributed by atoms with Gasteiger partial charge in [0, 0.05) is 10.9 Å². The summed E-state index contributed by atoms with van der Waals surface area (Å²) in [6.07, 6.45) is 0. The van der Waals surface area contributed by atoms with E-state index in [4.69, 9.17) is 19.9 Å². The monoisotopic (exact) mass is 324 g/mol. The number of aromatic nitrogens is 1. The molecule has 3 aromatic rings. The highest BCUT2D eigenvalue weighted by atomic mass is 16.5. The summed E-state index contributed by atoms with van der Waals surface area (Å²) in [6, 6.07) is 11.9. The average Bonchev–Trinajstić information content (AvgIpc) is 2.60. The average molecular weight is 324 g/mol. The predicted molar refractivity (Wildman–Crippen MR) is 96.0 cm³/mol. The maximum Gasteiger partial charge on any atom is 0.203 e. The van der Waals surface area contributed by atoms with E-state index in [1.165, 1.54) is 0 Å². The zero-order valence-corrected chi connectivity index (χ0v) is 14.2. The SMILES string of the molecule is COc1cc(-c2cc3ccc(C)cc3c(N)n2)cc(OC)c1OC. The van der Waals surface area contributed by atoms with Gasteiger partial charge in [0.25, 0.3) is 0 Å². The summed E-state index contributed by atoms with van der Waals surface area (Å²) in [4.78, 5) is 4.54. The summed E-state index contributed by atoms with van der Waals surface area (Å²) >= 11 is 0. The van der Waals surface area contributed by atoms with Crippen LogP contribution in [0.2, 0.25) is 0 Å². The Morgan fingerprint density at radius 3 is 2.12 bits per heavy atom. The van der Waals surface area contributed by atoms with E-state index in [2.05, 4.69) is 11.1 Å². The fraction of sp³-hybridized carbons (Fsp3) is 0.211. The normalized spacial score (nSPS) is 10.7. The molecular formula is C19H20N2O3. The first-order valence-corrected chi connectivity index (χ1v) is 7.54. The quantitative estimate of drug-likeness (QED) is 0.790. The lowest BCUT2D eigenvalue weighted by molar-refractivity contribution is 0.324. The van der Waals surface area contributed by atoms with Crippen molar-refractivity contribution in [2.75, 3.05) is 27.1 Å². The molecule has 5 heteroatoms. The molecule has 124 valence electrons. The topological polar surface area (TPSA) is 66.6 Å². The van der Waals surface area contributed by atoms with Gasteiger partial charge >= 0.3 is 0 Å². The minimum atomic E-state index is 0.500. The van der Waals surface area contributed by atoms with E-state index in [0.717, 1.165) is 27.6 Å². The molecule has 0 spiro atoms. The van der Waals surface area contributed by atoms with Gasteiger partial charge in [0.05, 0.1) is 27.0 Å². The van der Waals surface area contributed by atoms with Gasteiger partial charge in [-0.15, -0.1) is 0 Å². The number of fused-ring (bicyclic) bond motifs is 1. The van der Waals surface area contributed by atoms with Crippen molar-refractivity contribution in [3.8, 4) is 28.5 Å². The first-order chi connectivity index (χ1) is 11.6. The number of aryl methyl sites for hydroxylation is 1. The smallest absolute Gasteiger partial charge is 0.203 e. The van der Waals surface area contributed by atoms with Crippen molar-refractivity contribution in [2.24, 2.45) is 0 Å². The molecule has 2 N–H and O–H groups in total. The van der Waals surface area contributed by atoms with Crippen molar-refractivity contribution in [3.63, 3.8) is 0 Å². The first kappa shape index (κ1) is 15.9. The zero-order valence-electron chi connectivity index (χ0n) is 14.2. The van der Waals surface area contributed by atoms with Gasteiger partial charge in [-0.2, -0.15) is 0 Å². The van der Waals surface area contributed by atoms with Crippen molar-refractivity contribution in [2.45, 2.75) is 6.92 Å². The fourth-order valence-electron chi connectivity index (χ4n) is 2.76. The van der Waals surface area contributed by atoms with Gasteiger partial charge in [-0.05, 0) is 36.6 Å². The summed E-state index contributed by atoms with van der Waals surface area (Å²) in [6.45, 7) is 2.03. The highest BCUT2D eigenvalue weighted by molar-refractivity contribution is 5.94. The van der Waals surface area contributed by atoms with Crippen LogP contribution < -0.4 is 19.9 Å². The fourth-order valence-corrected chi connectivity index (χ4v) is 2.76. The molecule has 0 radical (unpaired) electrons. The minimum Gasteiger partial charge on any atom is -0.493 e. The molecule has 0 aliphatic carbocycles. The molecule has 24 heavy (non-hydrogen) atoms. The number of nitrogens with two attached hydrogens (primary N) is 1. The summed E-state index contributed by atoms with van der Waals surface area (Å²) < 4.78 is 16.2. The van der Waals surface area contributed by atoms with Crippen LogP contribution in [0.3, 0.4) is 0 Å². The molecule has 0 saturated carbocycles. The van der Waals surface area contributed by atoms with Gasteiger partial charge in [0.2, 0.25) is 5.75 Å². The highest BCUT2D eigenvalue weighted by Crippen LogP contribution is 2.41. The number of hydrogen-bond donors (Lipinski definition) is 1. The van der Waals surface area contributed by atoms with E-state index in [1.54, 1.807) is 21.3 Å². The number of methoxy groups -OCH3 is 3. The van der Waals surface area contributed by atoms with Gasteiger partial charge in [-0.1, -0.05) is 17.7 Å². The molecule has 3 rings (SSSR count). The number of nitrogen functional groups attached to an aromatic ring is 1. The van der Waals surface area contributed by atoms with E-state index in [9.17, 15) is 0 Å². The third kappa shape index (κ3) is 2.69. The molecular weight excluding hydrogens is 304 g/mol. The van der Waals surface area contributed by atoms with Crippen LogP contribution in [0.5, 0.6) is 17.2 Å². The molecule has 1 aromatic heterocycles. The lowest BCUT2D eigenvalue weighted by atomic mass is 10.0. The zero-order chi connectivity index (χ0) is 17.3. The molecule has 0 saturated heterocycles. The van der Waals surface area contributed by atoms with Crippen molar-refractivity contribution < 1.29 is 14.2 Å². The van der Waals surface area contributed by atoms with Gasteiger partial charge in [-0.3, -0.25) is 0 Å². The number of hydrogen-bond acceptors (Lipinski definition) is 5.